The standard InChI is InChI=1S/C15H14FN3O2/c1-9-13(10(2)20-18-9)8-15-17-14(19-21-15)7-11-3-5-12(16)6-4-11/h3-6H,7-8H2,1-2H3. The largest absolute Gasteiger partial charge is 0.361 e. The molecule has 1 aromatic carbocycles. The smallest absolute Gasteiger partial charge is 0.231 e. The second-order valence-electron chi connectivity index (χ2n) is 4.89. The third kappa shape index (κ3) is 2.99. The Balaban J connectivity index is 1.73. The lowest BCUT2D eigenvalue weighted by molar-refractivity contribution is 0.377. The van der Waals surface area contributed by atoms with E-state index in [2.05, 4.69) is 15.3 Å². The molecule has 0 aliphatic carbocycles. The molecule has 0 fully saturated rings. The van der Waals surface area contributed by atoms with E-state index >= 15 is 0 Å². The fourth-order valence-electron chi connectivity index (χ4n) is 2.12. The minimum absolute atomic E-state index is 0.258. The number of rotatable bonds is 4. The van der Waals surface area contributed by atoms with Crippen LogP contribution in [-0.2, 0) is 12.8 Å². The Labute approximate surface area is 120 Å². The Kier molecular flexibility index (Phi) is 3.51. The van der Waals surface area contributed by atoms with E-state index in [1.807, 2.05) is 13.8 Å². The van der Waals surface area contributed by atoms with Crippen LogP contribution in [0.15, 0.2) is 33.3 Å². The van der Waals surface area contributed by atoms with Crippen LogP contribution < -0.4 is 0 Å². The van der Waals surface area contributed by atoms with E-state index in [0.717, 1.165) is 22.6 Å². The summed E-state index contributed by atoms with van der Waals surface area (Å²) in [5.41, 5.74) is 2.72. The number of nitrogens with zero attached hydrogens (tertiary/aromatic N) is 3. The van der Waals surface area contributed by atoms with Crippen LogP contribution in [0.5, 0.6) is 0 Å². The topological polar surface area (TPSA) is 65.0 Å². The van der Waals surface area contributed by atoms with Crippen molar-refractivity contribution in [3.05, 3.63) is 64.4 Å². The Morgan fingerprint density at radius 2 is 1.76 bits per heavy atom. The van der Waals surface area contributed by atoms with Gasteiger partial charge in [0, 0.05) is 12.0 Å². The van der Waals surface area contributed by atoms with E-state index in [-0.39, 0.29) is 5.82 Å². The van der Waals surface area contributed by atoms with Gasteiger partial charge in [-0.2, -0.15) is 4.98 Å². The van der Waals surface area contributed by atoms with Crippen molar-refractivity contribution in [2.45, 2.75) is 26.7 Å². The summed E-state index contributed by atoms with van der Waals surface area (Å²) in [5.74, 6) is 1.58. The van der Waals surface area contributed by atoms with Crippen molar-refractivity contribution in [2.75, 3.05) is 0 Å². The fourth-order valence-corrected chi connectivity index (χ4v) is 2.12. The molecule has 0 N–H and O–H groups in total. The molecule has 21 heavy (non-hydrogen) atoms. The van der Waals surface area contributed by atoms with E-state index in [4.69, 9.17) is 9.05 Å². The van der Waals surface area contributed by atoms with Gasteiger partial charge in [-0.1, -0.05) is 22.4 Å². The molecular weight excluding hydrogens is 273 g/mol. The molecule has 0 amide bonds. The predicted molar refractivity (Wildman–Crippen MR) is 72.3 cm³/mol. The van der Waals surface area contributed by atoms with Gasteiger partial charge in [0.1, 0.15) is 11.6 Å². The first kappa shape index (κ1) is 13.5. The minimum atomic E-state index is -0.258. The molecule has 5 nitrogen and oxygen atoms in total. The number of aryl methyl sites for hydroxylation is 2. The zero-order valence-corrected chi connectivity index (χ0v) is 11.8. The summed E-state index contributed by atoms with van der Waals surface area (Å²) in [6.45, 7) is 3.73. The monoisotopic (exact) mass is 287 g/mol. The van der Waals surface area contributed by atoms with Gasteiger partial charge in [-0.3, -0.25) is 0 Å². The Morgan fingerprint density at radius 3 is 2.43 bits per heavy atom. The summed E-state index contributed by atoms with van der Waals surface area (Å²) in [6.07, 6.45) is 1.00. The molecular formula is C15H14FN3O2. The van der Waals surface area contributed by atoms with Crippen LogP contribution in [-0.4, -0.2) is 15.3 Å². The van der Waals surface area contributed by atoms with Crippen molar-refractivity contribution in [1.82, 2.24) is 15.3 Å². The van der Waals surface area contributed by atoms with E-state index < -0.39 is 0 Å². The molecule has 0 radical (unpaired) electrons. The molecule has 0 saturated carbocycles. The molecule has 0 spiro atoms. The Bertz CT molecular complexity index is 727. The Morgan fingerprint density at radius 1 is 1.00 bits per heavy atom. The van der Waals surface area contributed by atoms with Gasteiger partial charge in [-0.15, -0.1) is 0 Å². The highest BCUT2D eigenvalue weighted by molar-refractivity contribution is 5.24. The lowest BCUT2D eigenvalue weighted by atomic mass is 10.1. The van der Waals surface area contributed by atoms with Crippen molar-refractivity contribution in [2.24, 2.45) is 0 Å². The highest BCUT2D eigenvalue weighted by Gasteiger charge is 2.14. The maximum Gasteiger partial charge on any atom is 0.231 e. The second-order valence-corrected chi connectivity index (χ2v) is 4.89. The third-order valence-corrected chi connectivity index (χ3v) is 3.29. The molecule has 0 saturated heterocycles. The summed E-state index contributed by atoms with van der Waals surface area (Å²) < 4.78 is 23.2. The van der Waals surface area contributed by atoms with Crippen molar-refractivity contribution >= 4 is 0 Å². The van der Waals surface area contributed by atoms with Crippen LogP contribution in [0.4, 0.5) is 4.39 Å². The van der Waals surface area contributed by atoms with E-state index in [1.54, 1.807) is 12.1 Å². The normalized spacial score (nSPS) is 11.0. The summed E-state index contributed by atoms with van der Waals surface area (Å²) in [4.78, 5) is 4.34. The zero-order valence-electron chi connectivity index (χ0n) is 11.8. The molecule has 0 atom stereocenters. The molecule has 0 aliphatic heterocycles. The number of hydrogen-bond acceptors (Lipinski definition) is 5. The van der Waals surface area contributed by atoms with E-state index in [9.17, 15) is 4.39 Å². The average molecular weight is 287 g/mol. The number of hydrogen-bond donors (Lipinski definition) is 0. The van der Waals surface area contributed by atoms with Crippen LogP contribution in [0.25, 0.3) is 0 Å². The minimum Gasteiger partial charge on any atom is -0.361 e. The quantitative estimate of drug-likeness (QED) is 0.738. The molecule has 3 rings (SSSR count). The van der Waals surface area contributed by atoms with Crippen molar-refractivity contribution < 1.29 is 13.4 Å². The maximum absolute atomic E-state index is 12.9. The van der Waals surface area contributed by atoms with Gasteiger partial charge < -0.3 is 9.05 Å². The Hall–Kier alpha value is -2.50. The maximum atomic E-state index is 12.9. The molecule has 0 unspecified atom stereocenters. The van der Waals surface area contributed by atoms with E-state index in [0.29, 0.717) is 24.6 Å². The number of aromatic nitrogens is 3. The molecule has 108 valence electrons. The predicted octanol–water partition coefficient (Wildman–Crippen LogP) is 3.00. The lowest BCUT2D eigenvalue weighted by Gasteiger charge is -1.95. The summed E-state index contributed by atoms with van der Waals surface area (Å²) in [7, 11) is 0. The number of halogens is 1. The van der Waals surface area contributed by atoms with Gasteiger partial charge in [-0.05, 0) is 31.5 Å². The van der Waals surface area contributed by atoms with Crippen molar-refractivity contribution in [3.8, 4) is 0 Å². The average Bonchev–Trinajstić information content (AvgIpc) is 3.03. The van der Waals surface area contributed by atoms with Gasteiger partial charge in [0.25, 0.3) is 0 Å². The van der Waals surface area contributed by atoms with Gasteiger partial charge in [-0.25, -0.2) is 4.39 Å². The first-order valence-corrected chi connectivity index (χ1v) is 6.59. The van der Waals surface area contributed by atoms with Crippen molar-refractivity contribution in [1.29, 1.82) is 0 Å². The third-order valence-electron chi connectivity index (χ3n) is 3.29. The van der Waals surface area contributed by atoms with Gasteiger partial charge in [0.2, 0.25) is 5.89 Å². The van der Waals surface area contributed by atoms with Crippen LogP contribution >= 0.6 is 0 Å². The summed E-state index contributed by atoms with van der Waals surface area (Å²) >= 11 is 0. The fraction of sp³-hybridized carbons (Fsp3) is 0.267. The first-order valence-electron chi connectivity index (χ1n) is 6.59. The molecule has 2 heterocycles. The van der Waals surface area contributed by atoms with Gasteiger partial charge >= 0.3 is 0 Å². The van der Waals surface area contributed by atoms with Crippen LogP contribution in [0.1, 0.15) is 34.3 Å². The molecule has 0 bridgehead atoms. The molecule has 3 aromatic rings. The number of benzene rings is 1. The SMILES string of the molecule is Cc1noc(C)c1Cc1nc(Cc2ccc(F)cc2)no1. The van der Waals surface area contributed by atoms with Gasteiger partial charge in [0.15, 0.2) is 5.82 Å². The zero-order chi connectivity index (χ0) is 14.8. The lowest BCUT2D eigenvalue weighted by Crippen LogP contribution is -1.94. The van der Waals surface area contributed by atoms with Crippen molar-refractivity contribution in [3.63, 3.8) is 0 Å². The summed E-state index contributed by atoms with van der Waals surface area (Å²) in [6, 6.07) is 6.25. The highest BCUT2D eigenvalue weighted by Crippen LogP contribution is 2.17. The van der Waals surface area contributed by atoms with Crippen LogP contribution in [0, 0.1) is 19.7 Å². The summed E-state index contributed by atoms with van der Waals surface area (Å²) in [5, 5.41) is 7.84. The highest BCUT2D eigenvalue weighted by atomic mass is 19.1. The first-order chi connectivity index (χ1) is 10.1. The molecule has 2 aromatic heterocycles. The van der Waals surface area contributed by atoms with Crippen LogP contribution in [0.3, 0.4) is 0 Å². The van der Waals surface area contributed by atoms with E-state index in [1.165, 1.54) is 12.1 Å². The van der Waals surface area contributed by atoms with Gasteiger partial charge in [0.05, 0.1) is 12.1 Å². The molecule has 0 aliphatic rings. The second kappa shape index (κ2) is 5.47. The molecule has 6 heteroatoms. The van der Waals surface area contributed by atoms with Crippen LogP contribution in [0.2, 0.25) is 0 Å².